The van der Waals surface area contributed by atoms with E-state index in [1.807, 2.05) is 0 Å². The van der Waals surface area contributed by atoms with E-state index in [1.54, 1.807) is 0 Å². The molecule has 0 amide bonds. The van der Waals surface area contributed by atoms with E-state index in [9.17, 15) is 0 Å². The first-order chi connectivity index (χ1) is 5.56. The van der Waals surface area contributed by atoms with Crippen molar-refractivity contribution in [1.29, 1.82) is 0 Å². The van der Waals surface area contributed by atoms with Gasteiger partial charge in [0.1, 0.15) is 0 Å². The molecule has 2 nitrogen and oxygen atoms in total. The topological polar surface area (TPSA) is 29.5 Å². The molecule has 0 bridgehead atoms. The van der Waals surface area contributed by atoms with Crippen molar-refractivity contribution >= 4 is 0 Å². The molecular formula is C10H22O2. The Balaban J connectivity index is 3.46. The summed E-state index contributed by atoms with van der Waals surface area (Å²) in [6, 6.07) is 0. The average molecular weight is 174 g/mol. The maximum Gasteiger partial charge on any atom is 0.0845 e. The molecule has 0 rings (SSSR count). The Labute approximate surface area is 75.9 Å². The SMILES string of the molecule is CC(C)CC(C)CC(C)COO. The van der Waals surface area contributed by atoms with Crippen LogP contribution in [0.3, 0.4) is 0 Å². The highest BCUT2D eigenvalue weighted by Gasteiger charge is 2.10. The van der Waals surface area contributed by atoms with Crippen LogP contribution < -0.4 is 0 Å². The molecule has 0 aliphatic heterocycles. The summed E-state index contributed by atoms with van der Waals surface area (Å²) >= 11 is 0. The molecule has 0 aromatic carbocycles. The van der Waals surface area contributed by atoms with Crippen molar-refractivity contribution in [1.82, 2.24) is 0 Å². The third-order valence-electron chi connectivity index (χ3n) is 2.04. The molecule has 0 aromatic heterocycles. The van der Waals surface area contributed by atoms with Crippen LogP contribution in [0, 0.1) is 17.8 Å². The van der Waals surface area contributed by atoms with Gasteiger partial charge in [-0.3, -0.25) is 5.26 Å². The minimum Gasteiger partial charge on any atom is -0.252 e. The first-order valence-electron chi connectivity index (χ1n) is 4.82. The third kappa shape index (κ3) is 6.62. The third-order valence-corrected chi connectivity index (χ3v) is 2.04. The second kappa shape index (κ2) is 6.44. The van der Waals surface area contributed by atoms with E-state index in [1.165, 1.54) is 6.42 Å². The Bertz CT molecular complexity index is 102. The second-order valence-electron chi connectivity index (χ2n) is 4.37. The van der Waals surface area contributed by atoms with Crippen LogP contribution in [-0.4, -0.2) is 11.9 Å². The van der Waals surface area contributed by atoms with Crippen molar-refractivity contribution in [2.75, 3.05) is 6.61 Å². The van der Waals surface area contributed by atoms with Crippen LogP contribution in [0.4, 0.5) is 0 Å². The van der Waals surface area contributed by atoms with Gasteiger partial charge in [0.15, 0.2) is 0 Å². The largest absolute Gasteiger partial charge is 0.252 e. The van der Waals surface area contributed by atoms with Crippen molar-refractivity contribution in [3.8, 4) is 0 Å². The summed E-state index contributed by atoms with van der Waals surface area (Å²) in [6.07, 6.45) is 2.40. The van der Waals surface area contributed by atoms with Crippen molar-refractivity contribution < 1.29 is 10.1 Å². The van der Waals surface area contributed by atoms with Gasteiger partial charge < -0.3 is 0 Å². The van der Waals surface area contributed by atoms with Gasteiger partial charge in [0.2, 0.25) is 0 Å². The van der Waals surface area contributed by atoms with E-state index in [-0.39, 0.29) is 0 Å². The van der Waals surface area contributed by atoms with Gasteiger partial charge in [-0.2, -0.15) is 0 Å². The van der Waals surface area contributed by atoms with Crippen LogP contribution in [0.25, 0.3) is 0 Å². The Morgan fingerprint density at radius 3 is 2.00 bits per heavy atom. The fraction of sp³-hybridized carbons (Fsp3) is 1.00. The maximum absolute atomic E-state index is 8.23. The monoisotopic (exact) mass is 174 g/mol. The Morgan fingerprint density at radius 1 is 1.00 bits per heavy atom. The molecule has 0 aromatic rings. The average Bonchev–Trinajstić information content (AvgIpc) is 1.84. The molecule has 74 valence electrons. The molecule has 0 saturated heterocycles. The summed E-state index contributed by atoms with van der Waals surface area (Å²) in [5, 5.41) is 8.23. The highest BCUT2D eigenvalue weighted by atomic mass is 17.1. The van der Waals surface area contributed by atoms with E-state index in [0.717, 1.165) is 18.3 Å². The first kappa shape index (κ1) is 11.9. The summed E-state index contributed by atoms with van der Waals surface area (Å²) in [6.45, 7) is 9.30. The summed E-state index contributed by atoms with van der Waals surface area (Å²) < 4.78 is 0. The van der Waals surface area contributed by atoms with Crippen LogP contribution in [0.5, 0.6) is 0 Å². The zero-order valence-electron chi connectivity index (χ0n) is 8.71. The van der Waals surface area contributed by atoms with Crippen molar-refractivity contribution in [2.45, 2.75) is 40.5 Å². The lowest BCUT2D eigenvalue weighted by Gasteiger charge is -2.17. The molecule has 0 radical (unpaired) electrons. The first-order valence-corrected chi connectivity index (χ1v) is 4.82. The van der Waals surface area contributed by atoms with E-state index >= 15 is 0 Å². The predicted octanol–water partition coefficient (Wildman–Crippen LogP) is 3.18. The molecule has 2 unspecified atom stereocenters. The molecule has 0 aliphatic rings. The molecule has 0 spiro atoms. The fourth-order valence-corrected chi connectivity index (χ4v) is 1.78. The Hall–Kier alpha value is -0.0800. The van der Waals surface area contributed by atoms with Crippen molar-refractivity contribution in [2.24, 2.45) is 17.8 Å². The normalized spacial score (nSPS) is 16.5. The zero-order chi connectivity index (χ0) is 9.56. The van der Waals surface area contributed by atoms with Gasteiger partial charge in [-0.15, -0.1) is 0 Å². The molecular weight excluding hydrogens is 152 g/mol. The number of hydrogen-bond donors (Lipinski definition) is 1. The Morgan fingerprint density at radius 2 is 1.58 bits per heavy atom. The standard InChI is InChI=1S/C10H22O2/c1-8(2)5-9(3)6-10(4)7-12-11/h8-11H,5-7H2,1-4H3. The summed E-state index contributed by atoms with van der Waals surface area (Å²) in [5.41, 5.74) is 0. The van der Waals surface area contributed by atoms with Crippen molar-refractivity contribution in [3.63, 3.8) is 0 Å². The highest BCUT2D eigenvalue weighted by Crippen LogP contribution is 2.19. The minimum atomic E-state index is 0.461. The van der Waals surface area contributed by atoms with Gasteiger partial charge in [-0.05, 0) is 30.6 Å². The summed E-state index contributed by atoms with van der Waals surface area (Å²) in [4.78, 5) is 4.11. The van der Waals surface area contributed by atoms with Crippen molar-refractivity contribution in [3.05, 3.63) is 0 Å². The van der Waals surface area contributed by atoms with Gasteiger partial charge >= 0.3 is 0 Å². The lowest BCUT2D eigenvalue weighted by atomic mass is 9.91. The molecule has 0 heterocycles. The quantitative estimate of drug-likeness (QED) is 0.495. The van der Waals surface area contributed by atoms with Crippen LogP contribution >= 0.6 is 0 Å². The molecule has 2 heteroatoms. The molecule has 12 heavy (non-hydrogen) atoms. The molecule has 1 N–H and O–H groups in total. The predicted molar refractivity (Wildman–Crippen MR) is 51.0 cm³/mol. The van der Waals surface area contributed by atoms with E-state index in [0.29, 0.717) is 12.5 Å². The van der Waals surface area contributed by atoms with Crippen LogP contribution in [0.15, 0.2) is 0 Å². The molecule has 0 fully saturated rings. The summed E-state index contributed by atoms with van der Waals surface area (Å²) in [5.74, 6) is 1.96. The molecule has 0 aliphatic carbocycles. The van der Waals surface area contributed by atoms with Gasteiger partial charge in [0, 0.05) is 0 Å². The van der Waals surface area contributed by atoms with E-state index in [4.69, 9.17) is 5.26 Å². The van der Waals surface area contributed by atoms with Crippen LogP contribution in [-0.2, 0) is 4.89 Å². The van der Waals surface area contributed by atoms with Crippen LogP contribution in [0.2, 0.25) is 0 Å². The summed E-state index contributed by atoms with van der Waals surface area (Å²) in [7, 11) is 0. The zero-order valence-corrected chi connectivity index (χ0v) is 8.71. The smallest absolute Gasteiger partial charge is 0.0845 e. The van der Waals surface area contributed by atoms with Gasteiger partial charge in [0.05, 0.1) is 6.61 Å². The van der Waals surface area contributed by atoms with E-state index < -0.39 is 0 Å². The second-order valence-corrected chi connectivity index (χ2v) is 4.37. The van der Waals surface area contributed by atoms with Crippen LogP contribution in [0.1, 0.15) is 40.5 Å². The molecule has 2 atom stereocenters. The number of rotatable bonds is 6. The van der Waals surface area contributed by atoms with Gasteiger partial charge in [0.25, 0.3) is 0 Å². The maximum atomic E-state index is 8.23. The van der Waals surface area contributed by atoms with Gasteiger partial charge in [-0.25, -0.2) is 4.89 Å². The fourth-order valence-electron chi connectivity index (χ4n) is 1.78. The number of hydrogen-bond acceptors (Lipinski definition) is 2. The highest BCUT2D eigenvalue weighted by molar-refractivity contribution is 4.60. The lowest BCUT2D eigenvalue weighted by molar-refractivity contribution is -0.250. The van der Waals surface area contributed by atoms with E-state index in [2.05, 4.69) is 32.6 Å². The lowest BCUT2D eigenvalue weighted by Crippen LogP contribution is -2.10. The minimum absolute atomic E-state index is 0.461. The molecule has 0 saturated carbocycles. The van der Waals surface area contributed by atoms with Gasteiger partial charge in [-0.1, -0.05) is 27.7 Å². The Kier molecular flexibility index (Phi) is 6.39.